The Labute approximate surface area is 151 Å². The van der Waals surface area contributed by atoms with E-state index in [9.17, 15) is 9.59 Å². The first-order valence-electron chi connectivity index (χ1n) is 8.00. The van der Waals surface area contributed by atoms with Gasteiger partial charge in [0.2, 0.25) is 0 Å². The summed E-state index contributed by atoms with van der Waals surface area (Å²) in [6.45, 7) is 3.47. The van der Waals surface area contributed by atoms with Crippen LogP contribution in [-0.4, -0.2) is 20.5 Å². The second kappa shape index (κ2) is 6.38. The number of carbonyl (C=O) groups is 1. The van der Waals surface area contributed by atoms with E-state index in [0.29, 0.717) is 22.1 Å². The molecule has 0 atom stereocenters. The predicted molar refractivity (Wildman–Crippen MR) is 96.3 cm³/mol. The second-order valence-electron chi connectivity index (χ2n) is 5.91. The molecule has 0 amide bonds. The highest BCUT2D eigenvalue weighted by Crippen LogP contribution is 2.23. The van der Waals surface area contributed by atoms with E-state index in [1.807, 2.05) is 24.3 Å². The lowest BCUT2D eigenvalue weighted by molar-refractivity contribution is -0.144. The van der Waals surface area contributed by atoms with Gasteiger partial charge in [0.25, 0.3) is 5.56 Å². The Morgan fingerprint density at radius 3 is 2.88 bits per heavy atom. The van der Waals surface area contributed by atoms with Crippen molar-refractivity contribution >= 4 is 32.5 Å². The molecule has 4 aromatic rings. The Hall–Kier alpha value is -3.00. The number of hydrogen-bond acceptors (Lipinski definition) is 7. The van der Waals surface area contributed by atoms with Gasteiger partial charge in [-0.15, -0.1) is 0 Å². The van der Waals surface area contributed by atoms with Crippen molar-refractivity contribution in [1.29, 1.82) is 0 Å². The summed E-state index contributed by atoms with van der Waals surface area (Å²) < 4.78 is 12.9. The first-order chi connectivity index (χ1) is 12.5. The normalized spacial score (nSPS) is 11.3. The van der Waals surface area contributed by atoms with Crippen molar-refractivity contribution in [2.45, 2.75) is 26.9 Å². The number of aromatic nitrogens is 3. The Morgan fingerprint density at radius 2 is 2.12 bits per heavy atom. The third-order valence-electron chi connectivity index (χ3n) is 4.13. The van der Waals surface area contributed by atoms with Gasteiger partial charge in [-0.2, -0.15) is 0 Å². The van der Waals surface area contributed by atoms with E-state index in [2.05, 4.69) is 10.1 Å². The number of hydrogen-bond donors (Lipinski definition) is 0. The molecule has 0 aliphatic rings. The topological polar surface area (TPSA) is 86.7 Å². The van der Waals surface area contributed by atoms with Gasteiger partial charge in [-0.1, -0.05) is 28.6 Å². The summed E-state index contributed by atoms with van der Waals surface area (Å²) in [4.78, 5) is 29.5. The molecule has 1 aromatic carbocycles. The number of carbonyl (C=O) groups excluding carboxylic acids is 1. The first-order valence-corrected chi connectivity index (χ1v) is 8.82. The van der Waals surface area contributed by atoms with Gasteiger partial charge in [-0.25, -0.2) is 4.98 Å². The van der Waals surface area contributed by atoms with E-state index in [0.717, 1.165) is 15.8 Å². The van der Waals surface area contributed by atoms with Crippen LogP contribution in [-0.2, 0) is 22.6 Å². The van der Waals surface area contributed by atoms with Crippen LogP contribution in [0.3, 0.4) is 0 Å². The van der Waals surface area contributed by atoms with Crippen LogP contribution < -0.4 is 5.56 Å². The molecule has 0 saturated carbocycles. The number of para-hydroxylation sites is 1. The monoisotopic (exact) mass is 369 g/mol. The summed E-state index contributed by atoms with van der Waals surface area (Å²) in [5, 5.41) is 3.82. The Morgan fingerprint density at radius 1 is 1.31 bits per heavy atom. The van der Waals surface area contributed by atoms with Crippen molar-refractivity contribution in [3.8, 4) is 0 Å². The predicted octanol–water partition coefficient (Wildman–Crippen LogP) is 2.80. The van der Waals surface area contributed by atoms with E-state index >= 15 is 0 Å². The van der Waals surface area contributed by atoms with Gasteiger partial charge < -0.3 is 9.26 Å². The van der Waals surface area contributed by atoms with Crippen molar-refractivity contribution in [1.82, 2.24) is 14.5 Å². The third kappa shape index (κ3) is 2.88. The van der Waals surface area contributed by atoms with E-state index in [4.69, 9.17) is 9.26 Å². The van der Waals surface area contributed by atoms with E-state index in [1.165, 1.54) is 17.4 Å². The summed E-state index contributed by atoms with van der Waals surface area (Å²) in [5.74, 6) is 0.181. The highest BCUT2D eigenvalue weighted by molar-refractivity contribution is 7.23. The maximum absolute atomic E-state index is 12.4. The fraction of sp³-hybridized carbons (Fsp3) is 0.222. The number of esters is 1. The van der Waals surface area contributed by atoms with Crippen LogP contribution >= 0.6 is 11.3 Å². The van der Waals surface area contributed by atoms with Crippen molar-refractivity contribution in [3.63, 3.8) is 0 Å². The summed E-state index contributed by atoms with van der Waals surface area (Å²) in [7, 11) is 0. The minimum Gasteiger partial charge on any atom is -0.459 e. The molecule has 0 aliphatic carbocycles. The number of ether oxygens (including phenoxy) is 1. The Kier molecular flexibility index (Phi) is 4.04. The fourth-order valence-electron chi connectivity index (χ4n) is 2.80. The molecule has 8 heteroatoms. The Balaban J connectivity index is 1.55. The Bertz CT molecular complexity index is 1170. The molecule has 0 spiro atoms. The standard InChI is InChI=1S/C18H15N3O4S/c1-10-13(11(2)25-20-10)8-17(23)24-9-12-7-16(22)21-14-5-3-4-6-15(14)26-18(21)19-12/h3-7H,8-9H2,1-2H3. The molecular weight excluding hydrogens is 354 g/mol. The number of benzene rings is 1. The minimum atomic E-state index is -0.419. The van der Waals surface area contributed by atoms with Gasteiger partial charge in [0.05, 0.1) is 28.0 Å². The maximum atomic E-state index is 12.4. The average molecular weight is 369 g/mol. The smallest absolute Gasteiger partial charge is 0.310 e. The third-order valence-corrected chi connectivity index (χ3v) is 5.15. The van der Waals surface area contributed by atoms with Gasteiger partial charge in [-0.3, -0.25) is 14.0 Å². The molecule has 0 N–H and O–H groups in total. The van der Waals surface area contributed by atoms with Crippen LogP contribution in [0.1, 0.15) is 22.7 Å². The highest BCUT2D eigenvalue weighted by Gasteiger charge is 2.15. The van der Waals surface area contributed by atoms with Crippen LogP contribution in [0, 0.1) is 13.8 Å². The molecule has 0 unspecified atom stereocenters. The molecule has 26 heavy (non-hydrogen) atoms. The van der Waals surface area contributed by atoms with E-state index in [1.54, 1.807) is 18.2 Å². The lowest BCUT2D eigenvalue weighted by atomic mass is 10.1. The van der Waals surface area contributed by atoms with Gasteiger partial charge >= 0.3 is 5.97 Å². The zero-order chi connectivity index (χ0) is 18.3. The van der Waals surface area contributed by atoms with Crippen LogP contribution in [0.15, 0.2) is 39.6 Å². The van der Waals surface area contributed by atoms with Gasteiger partial charge in [0.1, 0.15) is 12.4 Å². The van der Waals surface area contributed by atoms with Crippen LogP contribution in [0.5, 0.6) is 0 Å². The second-order valence-corrected chi connectivity index (χ2v) is 6.92. The maximum Gasteiger partial charge on any atom is 0.310 e. The van der Waals surface area contributed by atoms with E-state index < -0.39 is 5.97 Å². The summed E-state index contributed by atoms with van der Waals surface area (Å²) in [6, 6.07) is 9.02. The van der Waals surface area contributed by atoms with Gasteiger partial charge in [0.15, 0.2) is 4.96 Å². The van der Waals surface area contributed by atoms with Gasteiger partial charge in [0, 0.05) is 11.6 Å². The summed E-state index contributed by atoms with van der Waals surface area (Å²) in [6.07, 6.45) is 0.0747. The molecule has 3 heterocycles. The molecule has 0 saturated heterocycles. The number of thiazole rings is 1. The number of nitrogens with zero attached hydrogens (tertiary/aromatic N) is 3. The average Bonchev–Trinajstić information content (AvgIpc) is 3.14. The summed E-state index contributed by atoms with van der Waals surface area (Å²) in [5.41, 5.74) is 2.45. The largest absolute Gasteiger partial charge is 0.459 e. The molecule has 0 fully saturated rings. The van der Waals surface area contributed by atoms with Crippen molar-refractivity contribution in [3.05, 3.63) is 63.4 Å². The first kappa shape index (κ1) is 16.5. The molecule has 4 rings (SSSR count). The molecule has 7 nitrogen and oxygen atoms in total. The zero-order valence-electron chi connectivity index (χ0n) is 14.2. The van der Waals surface area contributed by atoms with Crippen molar-refractivity contribution in [2.24, 2.45) is 0 Å². The molecule has 0 bridgehead atoms. The lowest BCUT2D eigenvalue weighted by Gasteiger charge is -2.04. The molecule has 0 radical (unpaired) electrons. The molecular formula is C18H15N3O4S. The SMILES string of the molecule is Cc1noc(C)c1CC(=O)OCc1cc(=O)n2c(n1)sc1ccccc12. The van der Waals surface area contributed by atoms with Crippen LogP contribution in [0.25, 0.3) is 15.2 Å². The number of fused-ring (bicyclic) bond motifs is 3. The lowest BCUT2D eigenvalue weighted by Crippen LogP contribution is -2.16. The van der Waals surface area contributed by atoms with Crippen molar-refractivity contribution < 1.29 is 14.1 Å². The summed E-state index contributed by atoms with van der Waals surface area (Å²) >= 11 is 1.42. The quantitative estimate of drug-likeness (QED) is 0.514. The van der Waals surface area contributed by atoms with Gasteiger partial charge in [-0.05, 0) is 26.0 Å². The fourth-order valence-corrected chi connectivity index (χ4v) is 3.85. The number of aryl methyl sites for hydroxylation is 2. The molecule has 132 valence electrons. The van der Waals surface area contributed by atoms with Crippen molar-refractivity contribution in [2.75, 3.05) is 0 Å². The van der Waals surface area contributed by atoms with Crippen LogP contribution in [0.4, 0.5) is 0 Å². The minimum absolute atomic E-state index is 0.0534. The molecule has 3 aromatic heterocycles. The van der Waals surface area contributed by atoms with Crippen LogP contribution in [0.2, 0.25) is 0 Å². The highest BCUT2D eigenvalue weighted by atomic mass is 32.1. The van der Waals surface area contributed by atoms with E-state index in [-0.39, 0.29) is 18.6 Å². The molecule has 0 aliphatic heterocycles. The zero-order valence-corrected chi connectivity index (χ0v) is 15.0. The number of rotatable bonds is 4.